The maximum Gasteiger partial charge on any atom is 0.251 e. The smallest absolute Gasteiger partial charge is 0.251 e. The highest BCUT2D eigenvalue weighted by molar-refractivity contribution is 8.77. The quantitative estimate of drug-likeness (QED) is 0.0966. The number of azo groups is 2. The third-order valence-electron chi connectivity index (χ3n) is 11.3. The minimum Gasteiger partial charge on any atom is -0.274 e. The number of nitrogens with zero attached hydrogens (tertiary/aromatic N) is 12. The number of fused-ring (bicyclic) bond motifs is 6. The minimum absolute atomic E-state index is 0.429. The van der Waals surface area contributed by atoms with E-state index in [0.29, 0.717) is 23.3 Å². The summed E-state index contributed by atoms with van der Waals surface area (Å²) in [5.41, 5.74) is 17.8. The summed E-state index contributed by atoms with van der Waals surface area (Å²) in [4.78, 5) is 4.30. The molecule has 14 nitrogen and oxygen atoms in total. The number of hydrogen-bond donors (Lipinski definition) is 2. The predicted octanol–water partition coefficient (Wildman–Crippen LogP) is 11.4. The van der Waals surface area contributed by atoms with Gasteiger partial charge in [0.1, 0.15) is 22.8 Å². The molecule has 12 rings (SSSR count). The van der Waals surface area contributed by atoms with E-state index in [-0.39, 0.29) is 0 Å². The van der Waals surface area contributed by atoms with Crippen LogP contribution in [-0.2, 0) is 0 Å². The van der Waals surface area contributed by atoms with E-state index in [4.69, 9.17) is 40.9 Å². The van der Waals surface area contributed by atoms with E-state index in [2.05, 4.69) is 69.2 Å². The van der Waals surface area contributed by atoms with Crippen molar-refractivity contribution in [3.63, 3.8) is 0 Å². The van der Waals surface area contributed by atoms with Crippen molar-refractivity contribution in [3.8, 4) is 22.3 Å². The Morgan fingerprint density at radius 3 is 1.09 bits per heavy atom. The maximum absolute atomic E-state index is 5.06. The Labute approximate surface area is 386 Å². The average Bonchev–Trinajstić information content (AvgIpc) is 4.21. The van der Waals surface area contributed by atoms with Crippen LogP contribution < -0.4 is 10.9 Å². The molecule has 2 unspecified atom stereocenters. The zero-order valence-corrected chi connectivity index (χ0v) is 36.4. The fourth-order valence-electron chi connectivity index (χ4n) is 8.33. The molecule has 8 aromatic rings. The molecule has 0 spiro atoms. The summed E-state index contributed by atoms with van der Waals surface area (Å²) in [5, 5.41) is 39.6. The van der Waals surface area contributed by atoms with E-state index >= 15 is 0 Å². The Morgan fingerprint density at radius 1 is 0.394 bits per heavy atom. The molecule has 318 valence electrons. The molecule has 0 fully saturated rings. The first kappa shape index (κ1) is 39.3. The monoisotopic (exact) mass is 896 g/mol. The number of hydrazone groups is 2. The van der Waals surface area contributed by atoms with Crippen molar-refractivity contribution in [3.05, 3.63) is 217 Å². The SMILES string of the molecule is c1ccc(N=NC2=C(c3ccccc3)N3C(=NNC3SSC3NN=C4N3C(c3ccccc3)=C(N=Nc3ccccc3)c3c(-c5ccccc5)cnn34)n3ncc(-c4ccccc4)c32)cc1. The summed E-state index contributed by atoms with van der Waals surface area (Å²) < 4.78 is 3.71. The third kappa shape index (κ3) is 6.95. The molecule has 2 N–H and O–H groups in total. The summed E-state index contributed by atoms with van der Waals surface area (Å²) in [7, 11) is 3.19. The molecular formula is C50H36N14S2. The molecular weight excluding hydrogens is 861 g/mol. The van der Waals surface area contributed by atoms with Gasteiger partial charge in [0.05, 0.1) is 35.2 Å². The lowest BCUT2D eigenvalue weighted by Gasteiger charge is -2.35. The van der Waals surface area contributed by atoms with E-state index in [1.54, 1.807) is 21.6 Å². The lowest BCUT2D eigenvalue weighted by atomic mass is 10.0. The number of hydrogen-bond acceptors (Lipinski definition) is 14. The summed E-state index contributed by atoms with van der Waals surface area (Å²) in [6.07, 6.45) is 3.75. The Hall–Kier alpha value is -8.34. The Morgan fingerprint density at radius 2 is 0.727 bits per heavy atom. The topological polar surface area (TPSA) is 140 Å². The molecule has 66 heavy (non-hydrogen) atoms. The fraction of sp³-hybridized carbons (Fsp3) is 0.0400. The lowest BCUT2D eigenvalue weighted by Crippen LogP contribution is -2.44. The van der Waals surface area contributed by atoms with Gasteiger partial charge in [-0.25, -0.2) is 0 Å². The second kappa shape index (κ2) is 17.0. The van der Waals surface area contributed by atoms with E-state index in [9.17, 15) is 0 Å². The molecule has 0 saturated heterocycles. The second-order valence-corrected chi connectivity index (χ2v) is 17.7. The van der Waals surface area contributed by atoms with Gasteiger partial charge >= 0.3 is 0 Å². The van der Waals surface area contributed by atoms with Crippen molar-refractivity contribution in [1.29, 1.82) is 0 Å². The summed E-state index contributed by atoms with van der Waals surface area (Å²) in [5.74, 6) is 1.22. The van der Waals surface area contributed by atoms with Crippen molar-refractivity contribution in [2.24, 2.45) is 30.7 Å². The highest BCUT2D eigenvalue weighted by Gasteiger charge is 2.45. The van der Waals surface area contributed by atoms with Crippen molar-refractivity contribution in [2.45, 2.75) is 11.0 Å². The van der Waals surface area contributed by atoms with Gasteiger partial charge in [0.25, 0.3) is 11.9 Å². The molecule has 2 atom stereocenters. The van der Waals surface area contributed by atoms with Crippen LogP contribution in [0.4, 0.5) is 11.4 Å². The zero-order valence-electron chi connectivity index (χ0n) is 34.8. The van der Waals surface area contributed by atoms with Gasteiger partial charge in [0.15, 0.2) is 11.0 Å². The van der Waals surface area contributed by atoms with Crippen LogP contribution in [0, 0.1) is 0 Å². The van der Waals surface area contributed by atoms with Gasteiger partial charge in [0, 0.05) is 22.3 Å². The maximum atomic E-state index is 5.06. The summed E-state index contributed by atoms with van der Waals surface area (Å²) in [6, 6.07) is 60.5. The van der Waals surface area contributed by atoms with Gasteiger partial charge < -0.3 is 0 Å². The fourth-order valence-corrected chi connectivity index (χ4v) is 10.7. The molecule has 0 amide bonds. The van der Waals surface area contributed by atoms with Crippen molar-refractivity contribution >= 4 is 67.7 Å². The number of benzene rings is 6. The molecule has 0 bridgehead atoms. The van der Waals surface area contributed by atoms with Gasteiger partial charge in [-0.05, 0) is 57.0 Å². The molecule has 0 saturated carbocycles. The second-order valence-electron chi connectivity index (χ2n) is 15.3. The first-order chi connectivity index (χ1) is 32.8. The number of nitrogens with one attached hydrogen (secondary N) is 2. The molecule has 16 heteroatoms. The normalized spacial score (nSPS) is 17.3. The molecule has 0 aliphatic carbocycles. The van der Waals surface area contributed by atoms with Gasteiger partial charge in [-0.1, -0.05) is 158 Å². The first-order valence-corrected chi connectivity index (χ1v) is 23.4. The predicted molar refractivity (Wildman–Crippen MR) is 262 cm³/mol. The van der Waals surface area contributed by atoms with Crippen molar-refractivity contribution in [2.75, 3.05) is 0 Å². The molecule has 6 aromatic carbocycles. The summed E-state index contributed by atoms with van der Waals surface area (Å²) >= 11 is 0. The van der Waals surface area contributed by atoms with Crippen LogP contribution in [0.3, 0.4) is 0 Å². The van der Waals surface area contributed by atoms with Crippen LogP contribution in [0.5, 0.6) is 0 Å². The molecule has 4 aliphatic rings. The van der Waals surface area contributed by atoms with Crippen LogP contribution in [-0.4, -0.2) is 52.3 Å². The Balaban J connectivity index is 0.958. The van der Waals surface area contributed by atoms with Crippen LogP contribution in [0.2, 0.25) is 0 Å². The zero-order chi connectivity index (χ0) is 43.8. The van der Waals surface area contributed by atoms with Gasteiger partial charge in [-0.3, -0.25) is 20.7 Å². The molecule has 0 radical (unpaired) electrons. The van der Waals surface area contributed by atoms with Crippen LogP contribution in [0.25, 0.3) is 45.0 Å². The van der Waals surface area contributed by atoms with E-state index in [0.717, 1.165) is 67.5 Å². The minimum atomic E-state index is -0.429. The molecule has 4 aliphatic heterocycles. The van der Waals surface area contributed by atoms with Crippen molar-refractivity contribution in [1.82, 2.24) is 40.2 Å². The Bertz CT molecular complexity index is 3040. The van der Waals surface area contributed by atoms with Crippen LogP contribution in [0.1, 0.15) is 22.5 Å². The summed E-state index contributed by atoms with van der Waals surface area (Å²) in [6.45, 7) is 0. The first-order valence-electron chi connectivity index (χ1n) is 21.2. The third-order valence-corrected chi connectivity index (χ3v) is 13.8. The molecule has 6 heterocycles. The van der Waals surface area contributed by atoms with E-state index in [1.807, 2.05) is 155 Å². The van der Waals surface area contributed by atoms with Crippen LogP contribution >= 0.6 is 21.6 Å². The molecule has 2 aromatic heterocycles. The van der Waals surface area contributed by atoms with Gasteiger partial charge in [-0.15, -0.1) is 20.4 Å². The highest BCUT2D eigenvalue weighted by atomic mass is 33.1. The van der Waals surface area contributed by atoms with Crippen molar-refractivity contribution < 1.29 is 0 Å². The van der Waals surface area contributed by atoms with Crippen LogP contribution in [0.15, 0.2) is 225 Å². The lowest BCUT2D eigenvalue weighted by molar-refractivity contribution is 0.504. The van der Waals surface area contributed by atoms with E-state index < -0.39 is 11.0 Å². The standard InChI is InChI=1S/C50H36N14S2/c1-7-19-33(20-8-1)39-31-51-63-45(39)41(55-53-37-27-15-5-16-28-37)43(35-23-11-3-12-24-35)61-47(63)57-59-49(61)65-66-50-60-58-48-62(50)44(36-25-13-4-14-26-36)42(56-54-38-29-17-6-18-30-38)46-40(32-52-64(46)48)34-21-9-2-10-22-34/h1-32,49-50,59-60H. The largest absolute Gasteiger partial charge is 0.274 e. The average molecular weight is 897 g/mol. The Kier molecular flexibility index (Phi) is 10.1. The van der Waals surface area contributed by atoms with Gasteiger partial charge in [-0.2, -0.15) is 29.8 Å². The van der Waals surface area contributed by atoms with Gasteiger partial charge in [0.2, 0.25) is 0 Å². The number of rotatable bonds is 11. The van der Waals surface area contributed by atoms with E-state index in [1.165, 1.54) is 0 Å². The number of aromatic nitrogens is 4. The highest BCUT2D eigenvalue weighted by Crippen LogP contribution is 2.49.